The number of alkyl halides is 13. The van der Waals surface area contributed by atoms with E-state index in [2.05, 4.69) is 4.43 Å². The largest absolute Gasteiger partial charge is 0.484 e. The van der Waals surface area contributed by atoms with Gasteiger partial charge in [-0.2, -0.15) is 35.1 Å². The molecule has 0 aromatic heterocycles. The zero-order valence-corrected chi connectivity index (χ0v) is 18.0. The van der Waals surface area contributed by atoms with Crippen molar-refractivity contribution in [1.29, 1.82) is 0 Å². The summed E-state index contributed by atoms with van der Waals surface area (Å²) < 4.78 is 187. The van der Waals surface area contributed by atoms with Crippen LogP contribution in [0.4, 0.5) is 57.1 Å². The van der Waals surface area contributed by atoms with Crippen LogP contribution in [0.25, 0.3) is 0 Å². The van der Waals surface area contributed by atoms with Crippen molar-refractivity contribution in [3.05, 3.63) is 0 Å². The maximum absolute atomic E-state index is 13.8. The molecule has 0 bridgehead atoms. The molecular weight excluding hydrogens is 503 g/mol. The van der Waals surface area contributed by atoms with Crippen LogP contribution in [0.15, 0.2) is 0 Å². The van der Waals surface area contributed by atoms with Crippen LogP contribution in [0, 0.1) is 0 Å². The molecule has 0 aromatic carbocycles. The van der Waals surface area contributed by atoms with E-state index in [4.69, 9.17) is 8.85 Å². The van der Waals surface area contributed by atoms with Crippen LogP contribution >= 0.6 is 0 Å². The molecule has 32 heavy (non-hydrogen) atoms. The molecular formula is C15H21F13O3Si. The van der Waals surface area contributed by atoms with E-state index in [-0.39, 0.29) is 0 Å². The van der Waals surface area contributed by atoms with Crippen LogP contribution in [0.5, 0.6) is 0 Å². The van der Waals surface area contributed by atoms with Gasteiger partial charge in [-0.1, -0.05) is 0 Å². The Kier molecular flexibility index (Phi) is 10.8. The van der Waals surface area contributed by atoms with E-state index in [9.17, 15) is 57.1 Å². The van der Waals surface area contributed by atoms with Crippen molar-refractivity contribution in [2.75, 3.05) is 6.61 Å². The fourth-order valence-electron chi connectivity index (χ4n) is 1.94. The van der Waals surface area contributed by atoms with Crippen molar-refractivity contribution in [3.8, 4) is 0 Å². The van der Waals surface area contributed by atoms with E-state index in [1.807, 2.05) is 0 Å². The van der Waals surface area contributed by atoms with Crippen molar-refractivity contribution in [1.82, 2.24) is 0 Å². The Labute approximate surface area is 176 Å². The summed E-state index contributed by atoms with van der Waals surface area (Å²) in [5, 5.41) is 0. The summed E-state index contributed by atoms with van der Waals surface area (Å²) in [6, 6.07) is 0. The fourth-order valence-corrected chi connectivity index (χ4v) is 3.38. The number of halogens is 13. The zero-order chi connectivity index (χ0) is 25.9. The number of hydrogen-bond donors (Lipinski definition) is 0. The lowest BCUT2D eigenvalue weighted by Crippen LogP contribution is -2.68. The van der Waals surface area contributed by atoms with E-state index in [0.717, 1.165) is 0 Å². The van der Waals surface area contributed by atoms with Gasteiger partial charge in [0.05, 0.1) is 6.61 Å². The molecule has 0 aliphatic heterocycles. The van der Waals surface area contributed by atoms with E-state index in [0.29, 0.717) is 0 Å². The van der Waals surface area contributed by atoms with Gasteiger partial charge in [0.1, 0.15) is 0 Å². The molecule has 0 aromatic rings. The summed E-state index contributed by atoms with van der Waals surface area (Å²) in [7, 11) is -3.50. The van der Waals surface area contributed by atoms with Crippen LogP contribution in [0.3, 0.4) is 0 Å². The first-order valence-corrected chi connectivity index (χ1v) is 10.2. The van der Waals surface area contributed by atoms with Crippen LogP contribution in [0.2, 0.25) is 0 Å². The van der Waals surface area contributed by atoms with Crippen LogP contribution in [0.1, 0.15) is 27.7 Å². The predicted octanol–water partition coefficient (Wildman–Crippen LogP) is 5.39. The Bertz CT molecular complexity index is 567. The summed E-state index contributed by atoms with van der Waals surface area (Å²) >= 11 is 0. The first-order valence-electron chi connectivity index (χ1n) is 8.78. The molecule has 3 unspecified atom stereocenters. The number of rotatable bonds is 14. The minimum atomic E-state index is -7.49. The predicted molar refractivity (Wildman–Crippen MR) is 86.0 cm³/mol. The highest BCUT2D eigenvalue weighted by atomic mass is 28.3. The second kappa shape index (κ2) is 11.1. The fraction of sp³-hybridized carbons (Fsp3) is 1.00. The second-order valence-corrected chi connectivity index (χ2v) is 8.49. The summed E-state index contributed by atoms with van der Waals surface area (Å²) in [5.41, 5.74) is 0. The summed E-state index contributed by atoms with van der Waals surface area (Å²) in [4.78, 5) is 0. The molecule has 0 radical (unpaired) electrons. The zero-order valence-electron chi connectivity index (χ0n) is 16.9. The van der Waals surface area contributed by atoms with Gasteiger partial charge in [0, 0.05) is 12.2 Å². The van der Waals surface area contributed by atoms with Gasteiger partial charge in [-0.25, -0.2) is 22.0 Å². The Morgan fingerprint density at radius 1 is 0.656 bits per heavy atom. The van der Waals surface area contributed by atoms with E-state index in [1.54, 1.807) is 0 Å². The summed E-state index contributed by atoms with van der Waals surface area (Å²) in [6.07, 6.45) is -20.5. The molecule has 0 heterocycles. The SMILES string of the molecule is CC(C)O[SiH](OCC(F)C(F)(F)C(F)(F)C(F)(F)C(F)(F)C(F)C(F)C(F)F)OC(C)C. The Morgan fingerprint density at radius 2 is 1.03 bits per heavy atom. The van der Waals surface area contributed by atoms with Crippen LogP contribution < -0.4 is 0 Å². The third kappa shape index (κ3) is 6.62. The molecule has 0 aliphatic carbocycles. The lowest BCUT2D eigenvalue weighted by Gasteiger charge is -2.39. The standard InChI is InChI=1S/C15H21F13O3Si/c1-6(2)30-32(31-7(3)4)29-5-8(16)12(21,22)14(25,26)15(27,28)13(23,24)10(18)9(17)11(19)20/h6-11,32H,5H2,1-4H3. The van der Waals surface area contributed by atoms with Gasteiger partial charge in [-0.05, 0) is 27.7 Å². The van der Waals surface area contributed by atoms with Gasteiger partial charge in [0.2, 0.25) is 6.17 Å². The monoisotopic (exact) mass is 524 g/mol. The quantitative estimate of drug-likeness (QED) is 0.225. The Hall–Kier alpha value is -0.813. The van der Waals surface area contributed by atoms with E-state index >= 15 is 0 Å². The van der Waals surface area contributed by atoms with Gasteiger partial charge in [-0.3, -0.25) is 0 Å². The second-order valence-electron chi connectivity index (χ2n) is 7.03. The molecule has 3 atom stereocenters. The molecule has 194 valence electrons. The van der Waals surface area contributed by atoms with E-state index < -0.39 is 77.0 Å². The smallest absolute Gasteiger partial charge is 0.373 e. The Morgan fingerprint density at radius 3 is 1.38 bits per heavy atom. The van der Waals surface area contributed by atoms with Crippen molar-refractivity contribution >= 4 is 9.53 Å². The first-order chi connectivity index (χ1) is 14.1. The summed E-state index contributed by atoms with van der Waals surface area (Å²) in [5.74, 6) is -28.6. The number of hydrogen-bond acceptors (Lipinski definition) is 3. The molecule has 0 N–H and O–H groups in total. The Balaban J connectivity index is 5.75. The van der Waals surface area contributed by atoms with Crippen molar-refractivity contribution in [2.45, 2.75) is 88.5 Å². The third-order valence-electron chi connectivity index (χ3n) is 3.64. The molecule has 0 amide bonds. The molecule has 17 heteroatoms. The molecule has 0 aliphatic rings. The molecule has 3 nitrogen and oxygen atoms in total. The van der Waals surface area contributed by atoms with Gasteiger partial charge in [-0.15, -0.1) is 0 Å². The van der Waals surface area contributed by atoms with E-state index in [1.165, 1.54) is 27.7 Å². The highest BCUT2D eigenvalue weighted by Crippen LogP contribution is 2.56. The van der Waals surface area contributed by atoms with Crippen molar-refractivity contribution in [3.63, 3.8) is 0 Å². The highest BCUT2D eigenvalue weighted by Gasteiger charge is 2.84. The lowest BCUT2D eigenvalue weighted by molar-refractivity contribution is -0.387. The van der Waals surface area contributed by atoms with Gasteiger partial charge in [0.25, 0.3) is 6.43 Å². The van der Waals surface area contributed by atoms with Crippen LogP contribution in [-0.2, 0) is 13.3 Å². The maximum atomic E-state index is 13.8. The maximum Gasteiger partial charge on any atom is 0.484 e. The van der Waals surface area contributed by atoms with Gasteiger partial charge >= 0.3 is 33.2 Å². The molecule has 0 spiro atoms. The lowest BCUT2D eigenvalue weighted by atomic mass is 9.92. The minimum Gasteiger partial charge on any atom is -0.373 e. The van der Waals surface area contributed by atoms with Crippen molar-refractivity contribution in [2.24, 2.45) is 0 Å². The molecule has 0 fully saturated rings. The van der Waals surface area contributed by atoms with Gasteiger partial charge in [0.15, 0.2) is 12.3 Å². The minimum absolute atomic E-state index is 0.696. The average molecular weight is 524 g/mol. The average Bonchev–Trinajstić information content (AvgIpc) is 2.62. The van der Waals surface area contributed by atoms with Crippen molar-refractivity contribution < 1.29 is 70.4 Å². The molecule has 0 saturated heterocycles. The van der Waals surface area contributed by atoms with Crippen LogP contribution in [-0.4, -0.2) is 77.0 Å². The normalized spacial score (nSPS) is 17.5. The third-order valence-corrected chi connectivity index (χ3v) is 5.63. The van der Waals surface area contributed by atoms with Gasteiger partial charge < -0.3 is 13.3 Å². The molecule has 0 saturated carbocycles. The summed E-state index contributed by atoms with van der Waals surface area (Å²) in [6.45, 7) is 3.45. The molecule has 0 rings (SSSR count). The highest BCUT2D eigenvalue weighted by molar-refractivity contribution is 6.36. The first kappa shape index (κ1) is 31.2. The topological polar surface area (TPSA) is 27.7 Å².